The third kappa shape index (κ3) is 5.76. The van der Waals surface area contributed by atoms with E-state index in [-0.39, 0.29) is 18.8 Å². The average Bonchev–Trinajstić information content (AvgIpc) is 2.65. The van der Waals surface area contributed by atoms with E-state index < -0.39 is 29.3 Å². The van der Waals surface area contributed by atoms with Crippen LogP contribution in [0.1, 0.15) is 25.7 Å². The van der Waals surface area contributed by atoms with Gasteiger partial charge in [-0.2, -0.15) is 0 Å². The van der Waals surface area contributed by atoms with Crippen LogP contribution in [0.15, 0.2) is 18.2 Å². The summed E-state index contributed by atoms with van der Waals surface area (Å²) < 4.78 is 0. The van der Waals surface area contributed by atoms with Gasteiger partial charge in [0, 0.05) is 24.8 Å². The van der Waals surface area contributed by atoms with Crippen molar-refractivity contribution in [1.29, 1.82) is 0 Å². The molecule has 2 rings (SSSR count). The number of nitrogens with zero attached hydrogens (tertiary/aromatic N) is 2. The highest BCUT2D eigenvalue weighted by atomic mass is 16.6. The molecule has 0 spiro atoms. The van der Waals surface area contributed by atoms with E-state index >= 15 is 0 Å². The summed E-state index contributed by atoms with van der Waals surface area (Å²) in [4.78, 5) is 12.4. The third-order valence-corrected chi connectivity index (χ3v) is 5.12. The van der Waals surface area contributed by atoms with Crippen molar-refractivity contribution >= 4 is 17.1 Å². The number of aliphatic hydroxyl groups is 4. The number of nitro benzene ring substituents is 1. The maximum absolute atomic E-state index is 11.0. The van der Waals surface area contributed by atoms with E-state index in [0.717, 1.165) is 25.7 Å². The van der Waals surface area contributed by atoms with Crippen LogP contribution in [0.3, 0.4) is 0 Å². The maximum atomic E-state index is 11.0. The quantitative estimate of drug-likeness (QED) is 0.137. The van der Waals surface area contributed by atoms with Gasteiger partial charge in [0.2, 0.25) is 0 Å². The molecule has 1 aromatic rings. The number of hydrogen-bond donors (Lipinski definition) is 6. The van der Waals surface area contributed by atoms with Crippen molar-refractivity contribution in [2.24, 2.45) is 0 Å². The average molecular weight is 398 g/mol. The van der Waals surface area contributed by atoms with Crippen molar-refractivity contribution < 1.29 is 25.3 Å². The van der Waals surface area contributed by atoms with Gasteiger partial charge in [-0.3, -0.25) is 15.0 Å². The number of piperidine rings is 1. The van der Waals surface area contributed by atoms with Crippen molar-refractivity contribution in [1.82, 2.24) is 4.90 Å². The second-order valence-corrected chi connectivity index (χ2v) is 7.17. The molecule has 4 atom stereocenters. The number of likely N-dealkylation sites (tertiary alicyclic amines) is 1. The molecule has 0 aromatic heterocycles. The Morgan fingerprint density at radius 1 is 1.18 bits per heavy atom. The molecular formula is C18H30N4O6. The molecule has 10 nitrogen and oxygen atoms in total. The fourth-order valence-electron chi connectivity index (χ4n) is 3.51. The highest BCUT2D eigenvalue weighted by molar-refractivity contribution is 5.67. The van der Waals surface area contributed by atoms with Crippen LogP contribution in [0.2, 0.25) is 0 Å². The molecule has 7 N–H and O–H groups in total. The third-order valence-electron chi connectivity index (χ3n) is 5.12. The molecule has 1 saturated heterocycles. The lowest BCUT2D eigenvalue weighted by atomic mass is 9.94. The van der Waals surface area contributed by atoms with Crippen LogP contribution >= 0.6 is 0 Å². The number of anilines is 2. The normalized spacial score (nSPS) is 25.6. The number of nitrogen functional groups attached to an aromatic ring is 1. The summed E-state index contributed by atoms with van der Waals surface area (Å²) in [5.41, 5.74) is 6.55. The Morgan fingerprint density at radius 3 is 2.57 bits per heavy atom. The number of benzene rings is 1. The van der Waals surface area contributed by atoms with E-state index in [4.69, 9.17) is 5.73 Å². The SMILES string of the molecule is Nc1ccc([N+](=O)[O-])c(NCCCCCCN2C[C@H](O)[C@@H](O)[C@H](O)[C@H]2CO)c1. The minimum Gasteiger partial charge on any atom is -0.399 e. The zero-order valence-electron chi connectivity index (χ0n) is 15.8. The largest absolute Gasteiger partial charge is 0.399 e. The molecule has 158 valence electrons. The summed E-state index contributed by atoms with van der Waals surface area (Å²) in [6, 6.07) is 3.85. The van der Waals surface area contributed by atoms with Crippen molar-refractivity contribution in [2.75, 3.05) is 37.3 Å². The van der Waals surface area contributed by atoms with Crippen LogP contribution in [0, 0.1) is 10.1 Å². The molecule has 28 heavy (non-hydrogen) atoms. The fraction of sp³-hybridized carbons (Fsp3) is 0.667. The Kier molecular flexibility index (Phi) is 8.39. The van der Waals surface area contributed by atoms with Gasteiger partial charge < -0.3 is 31.5 Å². The summed E-state index contributed by atoms with van der Waals surface area (Å²) in [6.45, 7) is 1.11. The predicted molar refractivity (Wildman–Crippen MR) is 105 cm³/mol. The zero-order valence-corrected chi connectivity index (χ0v) is 15.8. The first-order chi connectivity index (χ1) is 13.3. The standard InChI is InChI=1S/C18H30N4O6/c19-12-5-6-14(22(27)28)13(9-12)20-7-3-1-2-4-8-21-10-16(24)18(26)17(25)15(21)11-23/h5-6,9,15-18,20,23-26H,1-4,7-8,10-11,19H2/t15-,16+,17-,18-/m1/s1. The van der Waals surface area contributed by atoms with Crippen molar-refractivity contribution in [3.05, 3.63) is 28.3 Å². The number of aliphatic hydroxyl groups excluding tert-OH is 4. The van der Waals surface area contributed by atoms with Crippen molar-refractivity contribution in [2.45, 2.75) is 50.0 Å². The summed E-state index contributed by atoms with van der Waals surface area (Å²) in [5, 5.41) is 53.0. The van der Waals surface area contributed by atoms with Gasteiger partial charge in [-0.15, -0.1) is 0 Å². The van der Waals surface area contributed by atoms with Gasteiger partial charge in [0.15, 0.2) is 0 Å². The Labute approximate surface area is 163 Å². The topological polar surface area (TPSA) is 165 Å². The van der Waals surface area contributed by atoms with Gasteiger partial charge in [0.05, 0.1) is 23.7 Å². The molecule has 1 heterocycles. The van der Waals surface area contributed by atoms with Crippen molar-refractivity contribution in [3.63, 3.8) is 0 Å². The van der Waals surface area contributed by atoms with E-state index in [9.17, 15) is 30.5 Å². The molecule has 0 saturated carbocycles. The molecule has 0 aliphatic carbocycles. The Hall–Kier alpha value is -1.98. The van der Waals surface area contributed by atoms with Crippen LogP contribution in [0.4, 0.5) is 17.1 Å². The number of rotatable bonds is 10. The van der Waals surface area contributed by atoms with Crippen LogP contribution < -0.4 is 11.1 Å². The van der Waals surface area contributed by atoms with E-state index in [1.807, 2.05) is 0 Å². The van der Waals surface area contributed by atoms with Crippen LogP contribution in [-0.2, 0) is 0 Å². The number of nitro groups is 1. The van der Waals surface area contributed by atoms with E-state index in [1.165, 1.54) is 12.1 Å². The Bertz CT molecular complexity index is 647. The van der Waals surface area contributed by atoms with Gasteiger partial charge in [-0.25, -0.2) is 0 Å². The second-order valence-electron chi connectivity index (χ2n) is 7.17. The van der Waals surface area contributed by atoms with Gasteiger partial charge in [-0.05, 0) is 31.5 Å². The van der Waals surface area contributed by atoms with E-state index in [1.54, 1.807) is 11.0 Å². The first-order valence-corrected chi connectivity index (χ1v) is 9.52. The number of unbranched alkanes of at least 4 members (excludes halogenated alkanes) is 3. The molecule has 0 radical (unpaired) electrons. The lowest BCUT2D eigenvalue weighted by molar-refractivity contribution is -0.383. The first kappa shape index (κ1) is 22.3. The molecule has 1 aliphatic heterocycles. The minimum absolute atomic E-state index is 0.00588. The molecule has 1 aromatic carbocycles. The van der Waals surface area contributed by atoms with Gasteiger partial charge in [0.1, 0.15) is 17.9 Å². The lowest BCUT2D eigenvalue weighted by Crippen LogP contribution is -2.62. The number of β-amino-alcohol motifs (C(OH)–C–C–N with tert-alkyl or cyclic N) is 1. The number of nitrogens with two attached hydrogens (primary N) is 1. The molecular weight excluding hydrogens is 368 g/mol. The van der Waals surface area contributed by atoms with Crippen LogP contribution in [0.25, 0.3) is 0 Å². The molecule has 0 unspecified atom stereocenters. The van der Waals surface area contributed by atoms with Gasteiger partial charge in [0.25, 0.3) is 5.69 Å². The first-order valence-electron chi connectivity index (χ1n) is 9.52. The van der Waals surface area contributed by atoms with Crippen molar-refractivity contribution in [3.8, 4) is 0 Å². The molecule has 1 fully saturated rings. The van der Waals surface area contributed by atoms with E-state index in [0.29, 0.717) is 24.5 Å². The zero-order chi connectivity index (χ0) is 20.7. The summed E-state index contributed by atoms with van der Waals surface area (Å²) in [6.07, 6.45) is -0.0266. The maximum Gasteiger partial charge on any atom is 0.292 e. The summed E-state index contributed by atoms with van der Waals surface area (Å²) in [7, 11) is 0. The number of nitrogens with one attached hydrogen (secondary N) is 1. The fourth-order valence-corrected chi connectivity index (χ4v) is 3.51. The second kappa shape index (κ2) is 10.5. The molecule has 0 amide bonds. The molecule has 1 aliphatic rings. The summed E-state index contributed by atoms with van der Waals surface area (Å²) in [5.74, 6) is 0. The Morgan fingerprint density at radius 2 is 1.89 bits per heavy atom. The lowest BCUT2D eigenvalue weighted by Gasteiger charge is -2.43. The Balaban J connectivity index is 1.69. The number of hydrogen-bond acceptors (Lipinski definition) is 9. The van der Waals surface area contributed by atoms with Gasteiger partial charge >= 0.3 is 0 Å². The minimum atomic E-state index is -1.24. The van der Waals surface area contributed by atoms with Gasteiger partial charge in [-0.1, -0.05) is 12.8 Å². The highest BCUT2D eigenvalue weighted by Gasteiger charge is 2.40. The van der Waals surface area contributed by atoms with Crippen LogP contribution in [-0.4, -0.2) is 80.8 Å². The molecule has 0 bridgehead atoms. The monoisotopic (exact) mass is 398 g/mol. The molecule has 10 heteroatoms. The predicted octanol–water partition coefficient (Wildman–Crippen LogP) is -0.0915. The van der Waals surface area contributed by atoms with Crippen LogP contribution in [0.5, 0.6) is 0 Å². The van der Waals surface area contributed by atoms with E-state index in [2.05, 4.69) is 5.32 Å². The smallest absolute Gasteiger partial charge is 0.292 e. The summed E-state index contributed by atoms with van der Waals surface area (Å²) >= 11 is 0. The highest BCUT2D eigenvalue weighted by Crippen LogP contribution is 2.26.